The Balaban J connectivity index is 2.18. The molecule has 20 nitrogen and oxygen atoms in total. The van der Waals surface area contributed by atoms with Gasteiger partial charge >= 0.3 is 0 Å². The number of rotatable bonds is 25. The Kier molecular flexibility index (Phi) is 22.8. The third-order valence-corrected chi connectivity index (χ3v) is 11.2. The van der Waals surface area contributed by atoms with Crippen molar-refractivity contribution in [1.82, 2.24) is 36.8 Å². The number of guanidine groups is 1. The van der Waals surface area contributed by atoms with E-state index in [0.717, 1.165) is 32.1 Å². The Labute approximate surface area is 357 Å². The van der Waals surface area contributed by atoms with Crippen LogP contribution >= 0.6 is 11.8 Å². The minimum atomic E-state index is -1.42. The largest absolute Gasteiger partial charge is 0.394 e. The number of aliphatic imine (C=N–C) groups is 1. The highest BCUT2D eigenvalue weighted by atomic mass is 32.2. The SMILES string of the molecule is CSCC[C@H](NC(=O)[C@H](C)NC(=O)[C@H](CCCN=C(N)N)NC(=O)[C@H](CC1CCCCC1)NC(C)=O)C(=O)N1CCC[C@@H]1C(=O)N[C@@H](CO)C(=O)N[C@@H](CC(C)C)C(N)=O. The van der Waals surface area contributed by atoms with Crippen LogP contribution in [0.5, 0.6) is 0 Å². The number of nitrogens with one attached hydrogen (secondary N) is 6. The first-order valence-corrected chi connectivity index (χ1v) is 22.3. The van der Waals surface area contributed by atoms with Gasteiger partial charge in [0.05, 0.1) is 6.61 Å². The average Bonchev–Trinajstić information content (AvgIpc) is 3.69. The van der Waals surface area contributed by atoms with Crippen LogP contribution in [0.25, 0.3) is 0 Å². The van der Waals surface area contributed by atoms with Gasteiger partial charge in [0.25, 0.3) is 0 Å². The molecule has 7 atom stereocenters. The molecule has 2 rings (SSSR count). The molecule has 1 aliphatic heterocycles. The maximum atomic E-state index is 14.0. The van der Waals surface area contributed by atoms with Crippen molar-refractivity contribution < 1.29 is 43.5 Å². The van der Waals surface area contributed by atoms with Gasteiger partial charge in [0.2, 0.25) is 47.3 Å². The number of hydrogen-bond donors (Lipinski definition) is 10. The van der Waals surface area contributed by atoms with Crippen molar-refractivity contribution in [2.45, 2.75) is 147 Å². The zero-order chi connectivity index (χ0) is 44.9. The monoisotopic (exact) mass is 868 g/mol. The molecule has 2 fully saturated rings. The number of nitrogens with two attached hydrogens (primary N) is 3. The molecule has 0 aromatic heterocycles. The van der Waals surface area contributed by atoms with E-state index < -0.39 is 90.3 Å². The molecule has 0 bridgehead atoms. The maximum absolute atomic E-state index is 14.0. The van der Waals surface area contributed by atoms with Gasteiger partial charge in [-0.15, -0.1) is 0 Å². The third-order valence-electron chi connectivity index (χ3n) is 10.6. The lowest BCUT2D eigenvalue weighted by Crippen LogP contribution is -2.60. The van der Waals surface area contributed by atoms with Crippen LogP contribution in [0.2, 0.25) is 0 Å². The van der Waals surface area contributed by atoms with Crippen molar-refractivity contribution in [3.05, 3.63) is 0 Å². The summed E-state index contributed by atoms with van der Waals surface area (Å²) in [6.07, 6.45) is 8.88. The number of likely N-dealkylation sites (tertiary alicyclic amines) is 1. The van der Waals surface area contributed by atoms with Gasteiger partial charge in [0.1, 0.15) is 42.3 Å². The van der Waals surface area contributed by atoms with Crippen LogP contribution in [-0.4, -0.2) is 137 Å². The zero-order valence-electron chi connectivity index (χ0n) is 35.8. The van der Waals surface area contributed by atoms with Crippen LogP contribution in [0.1, 0.15) is 105 Å². The molecule has 60 heavy (non-hydrogen) atoms. The lowest BCUT2D eigenvalue weighted by atomic mass is 9.84. The fourth-order valence-corrected chi connectivity index (χ4v) is 7.87. The minimum Gasteiger partial charge on any atom is -0.394 e. The molecule has 1 saturated heterocycles. The predicted octanol–water partition coefficient (Wildman–Crippen LogP) is -1.77. The van der Waals surface area contributed by atoms with Crippen LogP contribution in [0.15, 0.2) is 4.99 Å². The van der Waals surface area contributed by atoms with E-state index in [1.807, 2.05) is 20.1 Å². The summed E-state index contributed by atoms with van der Waals surface area (Å²) in [4.78, 5) is 111. The van der Waals surface area contributed by atoms with Crippen molar-refractivity contribution in [3.8, 4) is 0 Å². The van der Waals surface area contributed by atoms with E-state index in [1.54, 1.807) is 0 Å². The Bertz CT molecular complexity index is 1510. The highest BCUT2D eigenvalue weighted by molar-refractivity contribution is 7.98. The molecule has 0 unspecified atom stereocenters. The summed E-state index contributed by atoms with van der Waals surface area (Å²) in [5.74, 6) is -4.50. The number of carbonyl (C=O) groups is 8. The summed E-state index contributed by atoms with van der Waals surface area (Å²) in [6, 6.07) is -7.70. The summed E-state index contributed by atoms with van der Waals surface area (Å²) in [7, 11) is 0. The molecule has 0 aromatic rings. The fraction of sp³-hybridized carbons (Fsp3) is 0.769. The Morgan fingerprint density at radius 2 is 1.35 bits per heavy atom. The highest BCUT2D eigenvalue weighted by Crippen LogP contribution is 2.27. The van der Waals surface area contributed by atoms with Crippen molar-refractivity contribution in [2.24, 2.45) is 34.0 Å². The number of thioether (sulfide) groups is 1. The van der Waals surface area contributed by atoms with E-state index >= 15 is 0 Å². The number of primary amides is 1. The van der Waals surface area contributed by atoms with E-state index in [0.29, 0.717) is 25.0 Å². The molecule has 21 heteroatoms. The molecule has 2 aliphatic rings. The van der Waals surface area contributed by atoms with Gasteiger partial charge in [-0.2, -0.15) is 11.8 Å². The summed E-state index contributed by atoms with van der Waals surface area (Å²) in [5.41, 5.74) is 16.4. The first-order valence-electron chi connectivity index (χ1n) is 20.9. The van der Waals surface area contributed by atoms with Gasteiger partial charge in [0, 0.05) is 20.0 Å². The predicted molar refractivity (Wildman–Crippen MR) is 228 cm³/mol. The number of amides is 8. The van der Waals surface area contributed by atoms with Crippen molar-refractivity contribution in [2.75, 3.05) is 31.7 Å². The molecule has 340 valence electrons. The lowest BCUT2D eigenvalue weighted by Gasteiger charge is -2.30. The fourth-order valence-electron chi connectivity index (χ4n) is 7.40. The first kappa shape index (κ1) is 51.5. The number of nitrogens with zero attached hydrogens (tertiary/aromatic N) is 2. The second-order valence-corrected chi connectivity index (χ2v) is 17.1. The zero-order valence-corrected chi connectivity index (χ0v) is 36.6. The Morgan fingerprint density at radius 3 is 1.93 bits per heavy atom. The summed E-state index contributed by atoms with van der Waals surface area (Å²) >= 11 is 1.44. The van der Waals surface area contributed by atoms with Crippen LogP contribution in [0, 0.1) is 11.8 Å². The van der Waals surface area contributed by atoms with Gasteiger partial charge in [-0.1, -0.05) is 46.0 Å². The molecule has 1 saturated carbocycles. The van der Waals surface area contributed by atoms with E-state index in [4.69, 9.17) is 17.2 Å². The van der Waals surface area contributed by atoms with Gasteiger partial charge < -0.3 is 59.1 Å². The quantitative estimate of drug-likeness (QED) is 0.0277. The van der Waals surface area contributed by atoms with Gasteiger partial charge in [0.15, 0.2) is 5.96 Å². The van der Waals surface area contributed by atoms with Crippen LogP contribution < -0.4 is 49.1 Å². The summed E-state index contributed by atoms with van der Waals surface area (Å²) < 4.78 is 0. The van der Waals surface area contributed by atoms with E-state index in [9.17, 15) is 43.5 Å². The number of carbonyl (C=O) groups excluding carboxylic acids is 8. The maximum Gasteiger partial charge on any atom is 0.245 e. The third kappa shape index (κ3) is 17.9. The molecular formula is C39H69N11O9S. The molecule has 1 aliphatic carbocycles. The van der Waals surface area contributed by atoms with Gasteiger partial charge in [-0.3, -0.25) is 43.3 Å². The highest BCUT2D eigenvalue weighted by Gasteiger charge is 2.40. The van der Waals surface area contributed by atoms with Crippen LogP contribution in [0.4, 0.5) is 0 Å². The van der Waals surface area contributed by atoms with Crippen molar-refractivity contribution >= 4 is 65.0 Å². The number of aliphatic hydroxyl groups excluding tert-OH is 1. The molecule has 0 radical (unpaired) electrons. The molecule has 1 heterocycles. The Morgan fingerprint density at radius 1 is 0.733 bits per heavy atom. The van der Waals surface area contributed by atoms with Crippen LogP contribution in [-0.2, 0) is 38.4 Å². The van der Waals surface area contributed by atoms with E-state index in [-0.39, 0.29) is 62.5 Å². The summed E-state index contributed by atoms with van der Waals surface area (Å²) in [6.45, 7) is 6.01. The first-order chi connectivity index (χ1) is 28.4. The normalized spacial score (nSPS) is 18.4. The second kappa shape index (κ2) is 26.5. The lowest BCUT2D eigenvalue weighted by molar-refractivity contribution is -0.142. The van der Waals surface area contributed by atoms with E-state index in [2.05, 4.69) is 36.9 Å². The second-order valence-electron chi connectivity index (χ2n) is 16.1. The molecular weight excluding hydrogens is 799 g/mol. The standard InChI is InChI=1S/C39H69N11O9S/c1-22(2)19-28(32(40)53)48-36(57)30(21-51)49-37(58)31-14-10-17-50(31)38(59)27(15-18-60-5)47-33(54)23(3)44-34(55)26(13-9-16-43-39(41)42)46-35(56)29(45-24(4)52)20-25-11-7-6-8-12-25/h22-23,25-31,51H,6-21H2,1-5H3,(H2,40,53)(H,44,55)(H,45,52)(H,46,56)(H,47,54)(H,48,57)(H,49,58)(H4,41,42,43)/t23-,26-,27-,28-,29-,30-,31+/m0/s1. The van der Waals surface area contributed by atoms with E-state index in [1.165, 1.54) is 30.5 Å². The number of aliphatic hydroxyl groups is 1. The van der Waals surface area contributed by atoms with Gasteiger partial charge in [-0.05, 0) is 75.7 Å². The van der Waals surface area contributed by atoms with Gasteiger partial charge in [-0.25, -0.2) is 0 Å². The van der Waals surface area contributed by atoms with Crippen LogP contribution in [0.3, 0.4) is 0 Å². The minimum absolute atomic E-state index is 0.0185. The topological polar surface area (TPSA) is 323 Å². The number of hydrogen-bond acceptors (Lipinski definition) is 11. The Hall–Kier alpha value is -4.66. The molecule has 13 N–H and O–H groups in total. The molecule has 0 aromatic carbocycles. The average molecular weight is 868 g/mol. The van der Waals surface area contributed by atoms with Crippen molar-refractivity contribution in [3.63, 3.8) is 0 Å². The summed E-state index contributed by atoms with van der Waals surface area (Å²) in [5, 5.41) is 25.8. The molecule has 0 spiro atoms. The van der Waals surface area contributed by atoms with Crippen molar-refractivity contribution in [1.29, 1.82) is 0 Å². The smallest absolute Gasteiger partial charge is 0.245 e. The molecule has 8 amide bonds.